The molecule has 2 aromatic heterocycles. The van der Waals surface area contributed by atoms with E-state index in [4.69, 9.17) is 0 Å². The molecular formula is C21H19N3O2S. The highest BCUT2D eigenvalue weighted by Gasteiger charge is 2.09. The molecule has 0 fully saturated rings. The summed E-state index contributed by atoms with van der Waals surface area (Å²) in [5.74, 6) is 0.162. The fourth-order valence-corrected chi connectivity index (χ4v) is 3.82. The van der Waals surface area contributed by atoms with Gasteiger partial charge in [-0.25, -0.2) is 4.98 Å². The number of H-pyrrole nitrogens is 1. The molecule has 0 saturated heterocycles. The number of anilines is 1. The Morgan fingerprint density at radius 2 is 2.07 bits per heavy atom. The lowest BCUT2D eigenvalue weighted by atomic mass is 10.1. The van der Waals surface area contributed by atoms with E-state index < -0.39 is 0 Å². The van der Waals surface area contributed by atoms with Crippen molar-refractivity contribution in [1.82, 2.24) is 9.97 Å². The van der Waals surface area contributed by atoms with Crippen molar-refractivity contribution in [3.05, 3.63) is 65.7 Å². The molecule has 27 heavy (non-hydrogen) atoms. The highest BCUT2D eigenvalue weighted by atomic mass is 32.1. The van der Waals surface area contributed by atoms with Crippen molar-refractivity contribution in [2.24, 2.45) is 0 Å². The van der Waals surface area contributed by atoms with Crippen LogP contribution in [-0.2, 0) is 11.2 Å². The summed E-state index contributed by atoms with van der Waals surface area (Å²) in [5, 5.41) is 16.1. The van der Waals surface area contributed by atoms with Gasteiger partial charge in [-0.05, 0) is 36.6 Å². The summed E-state index contributed by atoms with van der Waals surface area (Å²) in [7, 11) is 0. The standard InChI is InChI=1S/C21H19N3O2S/c25-16-7-3-5-14(11-16)19-13-27-21(23-19)24-20(26)10-4-6-15-12-22-18-9-2-1-8-17(15)18/h1-3,5,7-9,11-13,22,25H,4,6,10H2,(H,23,24,26). The first kappa shape index (κ1) is 17.3. The maximum atomic E-state index is 12.2. The SMILES string of the molecule is O=C(CCCc1c[nH]c2ccccc12)Nc1nc(-c2cccc(O)c2)cs1. The zero-order valence-electron chi connectivity index (χ0n) is 14.6. The van der Waals surface area contributed by atoms with Crippen molar-refractivity contribution in [1.29, 1.82) is 0 Å². The molecular weight excluding hydrogens is 358 g/mol. The van der Waals surface area contributed by atoms with Gasteiger partial charge in [-0.15, -0.1) is 11.3 Å². The Morgan fingerprint density at radius 3 is 2.96 bits per heavy atom. The zero-order chi connectivity index (χ0) is 18.6. The number of hydrogen-bond donors (Lipinski definition) is 3. The minimum absolute atomic E-state index is 0.0355. The number of nitrogens with zero attached hydrogens (tertiary/aromatic N) is 1. The second-order valence-corrected chi connectivity index (χ2v) is 7.21. The number of phenolic OH excluding ortho intramolecular Hbond substituents is 1. The van der Waals surface area contributed by atoms with E-state index in [9.17, 15) is 9.90 Å². The molecule has 4 rings (SSSR count). The average Bonchev–Trinajstić information content (AvgIpc) is 3.29. The summed E-state index contributed by atoms with van der Waals surface area (Å²) in [6, 6.07) is 15.1. The van der Waals surface area contributed by atoms with E-state index in [2.05, 4.69) is 27.4 Å². The molecule has 2 heterocycles. The van der Waals surface area contributed by atoms with Gasteiger partial charge in [0, 0.05) is 34.5 Å². The highest BCUT2D eigenvalue weighted by molar-refractivity contribution is 7.14. The molecule has 0 bridgehead atoms. The van der Waals surface area contributed by atoms with E-state index >= 15 is 0 Å². The zero-order valence-corrected chi connectivity index (χ0v) is 15.4. The van der Waals surface area contributed by atoms with Gasteiger partial charge in [0.05, 0.1) is 5.69 Å². The summed E-state index contributed by atoms with van der Waals surface area (Å²) >= 11 is 1.38. The van der Waals surface area contributed by atoms with E-state index in [-0.39, 0.29) is 11.7 Å². The normalized spacial score (nSPS) is 11.0. The quantitative estimate of drug-likeness (QED) is 0.444. The number of carbonyl (C=O) groups excluding carboxylic acids is 1. The molecule has 2 aromatic carbocycles. The summed E-state index contributed by atoms with van der Waals surface area (Å²) in [6.07, 6.45) is 4.09. The summed E-state index contributed by atoms with van der Waals surface area (Å²) < 4.78 is 0. The van der Waals surface area contributed by atoms with Crippen molar-refractivity contribution in [3.8, 4) is 17.0 Å². The van der Waals surface area contributed by atoms with E-state index in [0.29, 0.717) is 11.6 Å². The van der Waals surface area contributed by atoms with Crippen LogP contribution in [0.25, 0.3) is 22.2 Å². The number of hydrogen-bond acceptors (Lipinski definition) is 4. The molecule has 5 nitrogen and oxygen atoms in total. The Balaban J connectivity index is 1.32. The molecule has 0 atom stereocenters. The van der Waals surface area contributed by atoms with Crippen LogP contribution in [-0.4, -0.2) is 21.0 Å². The predicted octanol–water partition coefficient (Wildman–Crippen LogP) is 4.96. The monoisotopic (exact) mass is 377 g/mol. The number of aromatic hydroxyl groups is 1. The van der Waals surface area contributed by atoms with Crippen LogP contribution in [0.3, 0.4) is 0 Å². The molecule has 136 valence electrons. The lowest BCUT2D eigenvalue weighted by Gasteiger charge is -2.02. The first-order chi connectivity index (χ1) is 13.2. The van der Waals surface area contributed by atoms with Crippen LogP contribution in [0.15, 0.2) is 60.1 Å². The molecule has 0 aliphatic heterocycles. The number of aryl methyl sites for hydroxylation is 1. The minimum Gasteiger partial charge on any atom is -0.508 e. The smallest absolute Gasteiger partial charge is 0.226 e. The lowest BCUT2D eigenvalue weighted by Crippen LogP contribution is -2.11. The molecule has 0 radical (unpaired) electrons. The van der Waals surface area contributed by atoms with Crippen LogP contribution in [0.4, 0.5) is 5.13 Å². The number of aromatic nitrogens is 2. The number of thiazole rings is 1. The Bertz CT molecular complexity index is 1080. The van der Waals surface area contributed by atoms with Crippen LogP contribution in [0.5, 0.6) is 5.75 Å². The van der Waals surface area contributed by atoms with Crippen molar-refractivity contribution < 1.29 is 9.90 Å². The Morgan fingerprint density at radius 1 is 1.19 bits per heavy atom. The maximum Gasteiger partial charge on any atom is 0.226 e. The second kappa shape index (κ2) is 7.63. The predicted molar refractivity (Wildman–Crippen MR) is 109 cm³/mol. The first-order valence-corrected chi connectivity index (χ1v) is 9.67. The number of nitrogens with one attached hydrogen (secondary N) is 2. The number of phenols is 1. The Hall–Kier alpha value is -3.12. The number of carbonyl (C=O) groups is 1. The fraction of sp³-hybridized carbons (Fsp3) is 0.143. The summed E-state index contributed by atoms with van der Waals surface area (Å²) in [5.41, 5.74) is 3.93. The van der Waals surface area contributed by atoms with Gasteiger partial charge in [0.15, 0.2) is 5.13 Å². The van der Waals surface area contributed by atoms with Gasteiger partial charge in [-0.2, -0.15) is 0 Å². The van der Waals surface area contributed by atoms with Gasteiger partial charge in [0.2, 0.25) is 5.91 Å². The molecule has 3 N–H and O–H groups in total. The lowest BCUT2D eigenvalue weighted by molar-refractivity contribution is -0.116. The highest BCUT2D eigenvalue weighted by Crippen LogP contribution is 2.27. The summed E-state index contributed by atoms with van der Waals surface area (Å²) in [6.45, 7) is 0. The van der Waals surface area contributed by atoms with E-state index in [1.54, 1.807) is 18.2 Å². The average molecular weight is 377 g/mol. The van der Waals surface area contributed by atoms with Crippen LogP contribution >= 0.6 is 11.3 Å². The molecule has 0 unspecified atom stereocenters. The van der Waals surface area contributed by atoms with Crippen molar-refractivity contribution in [2.45, 2.75) is 19.3 Å². The number of fused-ring (bicyclic) bond motifs is 1. The van der Waals surface area contributed by atoms with Crippen molar-refractivity contribution >= 4 is 33.3 Å². The summed E-state index contributed by atoms with van der Waals surface area (Å²) in [4.78, 5) is 19.9. The van der Waals surface area contributed by atoms with Gasteiger partial charge in [-0.1, -0.05) is 30.3 Å². The minimum atomic E-state index is -0.0355. The third-order valence-electron chi connectivity index (χ3n) is 4.42. The van der Waals surface area contributed by atoms with Gasteiger partial charge >= 0.3 is 0 Å². The molecule has 0 aliphatic rings. The number of rotatable bonds is 6. The Kier molecular flexibility index (Phi) is 4.89. The van der Waals surface area contributed by atoms with Crippen LogP contribution in [0, 0.1) is 0 Å². The molecule has 0 aliphatic carbocycles. The van der Waals surface area contributed by atoms with Crippen molar-refractivity contribution in [2.75, 3.05) is 5.32 Å². The molecule has 0 spiro atoms. The van der Waals surface area contributed by atoms with Crippen LogP contribution < -0.4 is 5.32 Å². The second-order valence-electron chi connectivity index (χ2n) is 6.35. The molecule has 4 aromatic rings. The van der Waals surface area contributed by atoms with Gasteiger partial charge < -0.3 is 15.4 Å². The van der Waals surface area contributed by atoms with Gasteiger partial charge in [0.1, 0.15) is 5.75 Å². The number of aromatic amines is 1. The van der Waals surface area contributed by atoms with E-state index in [0.717, 1.165) is 29.6 Å². The van der Waals surface area contributed by atoms with Gasteiger partial charge in [0.25, 0.3) is 0 Å². The van der Waals surface area contributed by atoms with Gasteiger partial charge in [-0.3, -0.25) is 4.79 Å². The third kappa shape index (κ3) is 4.01. The van der Waals surface area contributed by atoms with Crippen LogP contribution in [0.2, 0.25) is 0 Å². The molecule has 0 saturated carbocycles. The largest absolute Gasteiger partial charge is 0.508 e. The third-order valence-corrected chi connectivity index (χ3v) is 5.18. The number of benzene rings is 2. The first-order valence-electron chi connectivity index (χ1n) is 8.79. The van der Waals surface area contributed by atoms with Crippen LogP contribution in [0.1, 0.15) is 18.4 Å². The topological polar surface area (TPSA) is 78.0 Å². The van der Waals surface area contributed by atoms with E-state index in [1.807, 2.05) is 29.8 Å². The van der Waals surface area contributed by atoms with E-state index in [1.165, 1.54) is 22.3 Å². The molecule has 6 heteroatoms. The maximum absolute atomic E-state index is 12.2. The fourth-order valence-electron chi connectivity index (χ4n) is 3.09. The Labute approximate surface area is 160 Å². The molecule has 1 amide bonds. The number of amides is 1. The van der Waals surface area contributed by atoms with Crippen molar-refractivity contribution in [3.63, 3.8) is 0 Å². The number of para-hydroxylation sites is 1.